The van der Waals surface area contributed by atoms with Gasteiger partial charge >= 0.3 is 0 Å². The van der Waals surface area contributed by atoms with Crippen molar-refractivity contribution < 1.29 is 4.55 Å². The average Bonchev–Trinajstić information content (AvgIpc) is 2.96. The van der Waals surface area contributed by atoms with Gasteiger partial charge in [0, 0.05) is 19.3 Å². The van der Waals surface area contributed by atoms with E-state index in [9.17, 15) is 9.35 Å². The normalized spacial score (nSPS) is 12.1. The number of rotatable bonds is 5. The molecule has 1 atom stereocenters. The van der Waals surface area contributed by atoms with Gasteiger partial charge in [-0.3, -0.25) is 14.6 Å². The van der Waals surface area contributed by atoms with Gasteiger partial charge in [-0.2, -0.15) is 0 Å². The van der Waals surface area contributed by atoms with Crippen LogP contribution in [-0.2, 0) is 18.2 Å². The monoisotopic (exact) mass is 408 g/mol. The van der Waals surface area contributed by atoms with Crippen molar-refractivity contribution in [2.75, 3.05) is 16.9 Å². The van der Waals surface area contributed by atoms with Crippen molar-refractivity contribution in [3.8, 4) is 0 Å². The summed E-state index contributed by atoms with van der Waals surface area (Å²) in [4.78, 5) is 22.1. The largest absolute Gasteiger partial charge is 0.612 e. The van der Waals surface area contributed by atoms with E-state index in [1.807, 2.05) is 37.3 Å². The van der Waals surface area contributed by atoms with Crippen LogP contribution in [0.25, 0.3) is 11.0 Å². The topological polar surface area (TPSA) is 111 Å². The van der Waals surface area contributed by atoms with E-state index in [0.717, 1.165) is 5.56 Å². The molecule has 8 nitrogen and oxygen atoms in total. The molecule has 0 aliphatic rings. The molecular formula is C20H20N6O2S. The lowest BCUT2D eigenvalue weighted by atomic mass is 10.2. The summed E-state index contributed by atoms with van der Waals surface area (Å²) in [6.45, 7) is 1.98. The first-order chi connectivity index (χ1) is 13.9. The maximum atomic E-state index is 12.6. The van der Waals surface area contributed by atoms with Gasteiger partial charge in [0.15, 0.2) is 10.5 Å². The summed E-state index contributed by atoms with van der Waals surface area (Å²) >= 11 is -1.18. The van der Waals surface area contributed by atoms with Gasteiger partial charge in [0.25, 0.3) is 5.56 Å². The highest BCUT2D eigenvalue weighted by molar-refractivity contribution is 7.90. The van der Waals surface area contributed by atoms with Crippen LogP contribution < -0.4 is 16.2 Å². The number of hydrogen-bond donors (Lipinski definition) is 3. The summed E-state index contributed by atoms with van der Waals surface area (Å²) in [6.07, 6.45) is 3.33. The van der Waals surface area contributed by atoms with Crippen LogP contribution in [0, 0.1) is 6.92 Å². The van der Waals surface area contributed by atoms with Crippen molar-refractivity contribution in [2.24, 2.45) is 7.05 Å². The Kier molecular flexibility index (Phi) is 4.99. The fourth-order valence-electron chi connectivity index (χ4n) is 3.08. The zero-order valence-electron chi connectivity index (χ0n) is 16.2. The maximum Gasteiger partial charge on any atom is 0.277 e. The SMILES string of the molecule is Cc1ccnc(Nc2cc(Nc3ccccc3[S+](C)[O-])c3c(=O)n(C)[nH]c3n2)c1. The fraction of sp³-hybridized carbons (Fsp3) is 0.150. The molecule has 4 aromatic rings. The molecule has 0 radical (unpaired) electrons. The quantitative estimate of drug-likeness (QED) is 0.438. The molecule has 0 amide bonds. The van der Waals surface area contributed by atoms with Crippen LogP contribution in [0.1, 0.15) is 5.56 Å². The number of anilines is 4. The van der Waals surface area contributed by atoms with E-state index in [4.69, 9.17) is 0 Å². The highest BCUT2D eigenvalue weighted by atomic mass is 32.2. The molecular weight excluding hydrogens is 388 g/mol. The molecule has 29 heavy (non-hydrogen) atoms. The fourth-order valence-corrected chi connectivity index (χ4v) is 3.78. The standard InChI is InChI=1S/C20H20N6O2S/c1-12-8-9-21-16(10-12)23-17-11-14(18-19(24-17)25-26(2)20(18)27)22-13-6-4-5-7-15(13)29(3)28/h4-11H,1-3H3,(H3,21,22,23,24,25). The Morgan fingerprint density at radius 3 is 2.66 bits per heavy atom. The van der Waals surface area contributed by atoms with E-state index < -0.39 is 11.2 Å². The molecule has 0 aliphatic carbocycles. The Morgan fingerprint density at radius 1 is 1.10 bits per heavy atom. The molecule has 148 valence electrons. The third-order valence-electron chi connectivity index (χ3n) is 4.45. The van der Waals surface area contributed by atoms with Crippen LogP contribution in [0.2, 0.25) is 0 Å². The molecule has 1 unspecified atom stereocenters. The Morgan fingerprint density at radius 2 is 1.90 bits per heavy atom. The van der Waals surface area contributed by atoms with Crippen molar-refractivity contribution in [1.82, 2.24) is 19.7 Å². The number of hydrogen-bond acceptors (Lipinski definition) is 6. The van der Waals surface area contributed by atoms with Gasteiger partial charge in [0.2, 0.25) is 0 Å². The highest BCUT2D eigenvalue weighted by Gasteiger charge is 2.17. The number of pyridine rings is 2. The van der Waals surface area contributed by atoms with Crippen LogP contribution in [-0.4, -0.2) is 30.6 Å². The molecule has 0 saturated carbocycles. The van der Waals surface area contributed by atoms with E-state index in [1.54, 1.807) is 31.6 Å². The summed E-state index contributed by atoms with van der Waals surface area (Å²) in [6, 6.07) is 12.9. The van der Waals surface area contributed by atoms with Gasteiger partial charge in [-0.25, -0.2) is 9.97 Å². The van der Waals surface area contributed by atoms with Crippen molar-refractivity contribution in [2.45, 2.75) is 11.8 Å². The Bertz CT molecular complexity index is 1250. The molecule has 3 aromatic heterocycles. The number of nitrogens with one attached hydrogen (secondary N) is 3. The number of benzene rings is 1. The number of aromatic amines is 1. The van der Waals surface area contributed by atoms with Crippen LogP contribution in [0.4, 0.5) is 23.0 Å². The van der Waals surface area contributed by atoms with Gasteiger partial charge in [-0.1, -0.05) is 12.1 Å². The van der Waals surface area contributed by atoms with Crippen LogP contribution >= 0.6 is 0 Å². The lowest BCUT2D eigenvalue weighted by molar-refractivity contribution is 0.601. The van der Waals surface area contributed by atoms with E-state index in [0.29, 0.717) is 38.9 Å². The minimum absolute atomic E-state index is 0.203. The summed E-state index contributed by atoms with van der Waals surface area (Å²) < 4.78 is 13.5. The van der Waals surface area contributed by atoms with Crippen LogP contribution in [0.15, 0.2) is 58.4 Å². The molecule has 0 bridgehead atoms. The number of aryl methyl sites for hydroxylation is 2. The number of nitrogens with zero attached hydrogens (tertiary/aromatic N) is 3. The minimum atomic E-state index is -1.18. The summed E-state index contributed by atoms with van der Waals surface area (Å²) in [5.41, 5.74) is 2.53. The van der Waals surface area contributed by atoms with Gasteiger partial charge in [-0.05, 0) is 47.9 Å². The Hall–Kier alpha value is -3.30. The molecule has 9 heteroatoms. The molecule has 0 saturated heterocycles. The first-order valence-corrected chi connectivity index (χ1v) is 10.5. The predicted molar refractivity (Wildman–Crippen MR) is 116 cm³/mol. The zero-order chi connectivity index (χ0) is 20.5. The van der Waals surface area contributed by atoms with Crippen molar-refractivity contribution in [3.63, 3.8) is 0 Å². The second-order valence-corrected chi connectivity index (χ2v) is 8.02. The first kappa shape index (κ1) is 19.0. The maximum absolute atomic E-state index is 12.6. The molecule has 3 N–H and O–H groups in total. The van der Waals surface area contributed by atoms with E-state index in [2.05, 4.69) is 25.7 Å². The zero-order valence-corrected chi connectivity index (χ0v) is 17.0. The third-order valence-corrected chi connectivity index (χ3v) is 5.42. The lowest BCUT2D eigenvalue weighted by Crippen LogP contribution is -2.12. The molecule has 0 aliphatic heterocycles. The second-order valence-electron chi connectivity index (χ2n) is 6.67. The summed E-state index contributed by atoms with van der Waals surface area (Å²) in [7, 11) is 1.64. The van der Waals surface area contributed by atoms with Gasteiger partial charge in [0.05, 0.1) is 11.4 Å². The van der Waals surface area contributed by atoms with Crippen LogP contribution in [0.3, 0.4) is 0 Å². The second kappa shape index (κ2) is 7.61. The van der Waals surface area contributed by atoms with E-state index >= 15 is 0 Å². The highest BCUT2D eigenvalue weighted by Crippen LogP contribution is 2.30. The Labute approximate surface area is 170 Å². The molecule has 0 fully saturated rings. The van der Waals surface area contributed by atoms with Gasteiger partial charge in [0.1, 0.15) is 23.3 Å². The average molecular weight is 408 g/mol. The predicted octanol–water partition coefficient (Wildman–Crippen LogP) is 3.19. The smallest absolute Gasteiger partial charge is 0.277 e. The Balaban J connectivity index is 1.82. The van der Waals surface area contributed by atoms with Crippen molar-refractivity contribution in [1.29, 1.82) is 0 Å². The van der Waals surface area contributed by atoms with Crippen molar-refractivity contribution in [3.05, 3.63) is 64.6 Å². The number of H-pyrrole nitrogens is 1. The molecule has 1 aromatic carbocycles. The van der Waals surface area contributed by atoms with Gasteiger partial charge < -0.3 is 15.2 Å². The number of fused-ring (bicyclic) bond motifs is 1. The van der Waals surface area contributed by atoms with Crippen LogP contribution in [0.5, 0.6) is 0 Å². The van der Waals surface area contributed by atoms with E-state index in [-0.39, 0.29) is 5.56 Å². The molecule has 3 heterocycles. The lowest BCUT2D eigenvalue weighted by Gasteiger charge is -2.14. The van der Waals surface area contributed by atoms with Gasteiger partial charge in [-0.15, -0.1) is 0 Å². The number of para-hydroxylation sites is 1. The summed E-state index contributed by atoms with van der Waals surface area (Å²) in [5, 5.41) is 9.82. The summed E-state index contributed by atoms with van der Waals surface area (Å²) in [5.74, 6) is 1.17. The number of aromatic nitrogens is 4. The van der Waals surface area contributed by atoms with Crippen molar-refractivity contribution >= 4 is 45.2 Å². The minimum Gasteiger partial charge on any atom is -0.612 e. The first-order valence-electron chi connectivity index (χ1n) is 8.91. The molecule has 4 rings (SSSR count). The molecule has 0 spiro atoms. The third kappa shape index (κ3) is 3.82. The van der Waals surface area contributed by atoms with E-state index in [1.165, 1.54) is 4.68 Å².